The van der Waals surface area contributed by atoms with Crippen molar-refractivity contribution in [3.05, 3.63) is 47.9 Å². The van der Waals surface area contributed by atoms with E-state index in [0.29, 0.717) is 30.5 Å². The van der Waals surface area contributed by atoms with Crippen molar-refractivity contribution >= 4 is 5.91 Å². The zero-order chi connectivity index (χ0) is 17.9. The maximum atomic E-state index is 12.4. The molecule has 0 radical (unpaired) electrons. The van der Waals surface area contributed by atoms with Crippen LogP contribution in [0.2, 0.25) is 0 Å². The van der Waals surface area contributed by atoms with Gasteiger partial charge in [0.15, 0.2) is 0 Å². The Balaban J connectivity index is 1.51. The molecule has 1 fully saturated rings. The predicted molar refractivity (Wildman–Crippen MR) is 94.5 cm³/mol. The van der Waals surface area contributed by atoms with E-state index in [9.17, 15) is 4.79 Å². The lowest BCUT2D eigenvalue weighted by molar-refractivity contribution is 0.0782. The van der Waals surface area contributed by atoms with Gasteiger partial charge in [0, 0.05) is 48.4 Å². The quantitative estimate of drug-likeness (QED) is 0.856. The summed E-state index contributed by atoms with van der Waals surface area (Å²) >= 11 is 0. The van der Waals surface area contributed by atoms with Gasteiger partial charge in [0.2, 0.25) is 5.88 Å². The van der Waals surface area contributed by atoms with E-state index in [4.69, 9.17) is 4.74 Å². The van der Waals surface area contributed by atoms with Crippen LogP contribution < -0.4 is 4.74 Å². The Bertz CT molecular complexity index is 710. The minimum Gasteiger partial charge on any atom is -0.476 e. The number of likely N-dealkylation sites (tertiary alicyclic amines) is 1. The molecule has 1 aliphatic heterocycles. The normalized spacial score (nSPS) is 17.6. The van der Waals surface area contributed by atoms with Gasteiger partial charge in [-0.05, 0) is 24.6 Å². The average molecular weight is 340 g/mol. The standard InChI is InChI=1S/C19H24N4O2/c1-19(2,3)16-4-5-17(22-21-16)25-13-14-8-11-23(12-14)18(24)15-6-9-20-10-7-15/h4-7,9-10,14H,8,11-13H2,1-3H3. The van der Waals surface area contributed by atoms with Crippen molar-refractivity contribution in [3.63, 3.8) is 0 Å². The summed E-state index contributed by atoms with van der Waals surface area (Å²) in [4.78, 5) is 18.3. The Labute approximate surface area is 148 Å². The van der Waals surface area contributed by atoms with Crippen LogP contribution in [0.3, 0.4) is 0 Å². The molecule has 0 bridgehead atoms. The summed E-state index contributed by atoms with van der Waals surface area (Å²) in [6, 6.07) is 7.32. The van der Waals surface area contributed by atoms with Crippen LogP contribution in [-0.4, -0.2) is 45.7 Å². The maximum Gasteiger partial charge on any atom is 0.253 e. The van der Waals surface area contributed by atoms with Gasteiger partial charge in [-0.1, -0.05) is 20.8 Å². The largest absolute Gasteiger partial charge is 0.476 e. The molecule has 3 heterocycles. The van der Waals surface area contributed by atoms with Crippen LogP contribution in [0.5, 0.6) is 5.88 Å². The fourth-order valence-electron chi connectivity index (χ4n) is 2.83. The Kier molecular flexibility index (Phi) is 4.97. The van der Waals surface area contributed by atoms with E-state index < -0.39 is 0 Å². The SMILES string of the molecule is CC(C)(C)c1ccc(OCC2CCN(C(=O)c3ccncc3)C2)nn1. The highest BCUT2D eigenvalue weighted by molar-refractivity contribution is 5.94. The highest BCUT2D eigenvalue weighted by Crippen LogP contribution is 2.22. The van der Waals surface area contributed by atoms with Crippen LogP contribution >= 0.6 is 0 Å². The fraction of sp³-hybridized carbons (Fsp3) is 0.474. The van der Waals surface area contributed by atoms with E-state index in [1.807, 2.05) is 17.0 Å². The average Bonchev–Trinajstić information content (AvgIpc) is 3.09. The molecule has 132 valence electrons. The second kappa shape index (κ2) is 7.17. The smallest absolute Gasteiger partial charge is 0.253 e. The first-order chi connectivity index (χ1) is 11.9. The Morgan fingerprint density at radius 2 is 1.96 bits per heavy atom. The number of ether oxygens (including phenoxy) is 1. The zero-order valence-electron chi connectivity index (χ0n) is 15.0. The summed E-state index contributed by atoms with van der Waals surface area (Å²) in [6.45, 7) is 8.31. The van der Waals surface area contributed by atoms with E-state index in [2.05, 4.69) is 36.0 Å². The zero-order valence-corrected chi connectivity index (χ0v) is 15.0. The van der Waals surface area contributed by atoms with E-state index in [1.54, 1.807) is 24.5 Å². The van der Waals surface area contributed by atoms with E-state index >= 15 is 0 Å². The lowest BCUT2D eigenvalue weighted by atomic mass is 9.92. The van der Waals surface area contributed by atoms with Crippen LogP contribution in [0.25, 0.3) is 0 Å². The van der Waals surface area contributed by atoms with Crippen molar-refractivity contribution < 1.29 is 9.53 Å². The fourth-order valence-corrected chi connectivity index (χ4v) is 2.83. The van der Waals surface area contributed by atoms with Gasteiger partial charge in [-0.2, -0.15) is 5.10 Å². The molecule has 2 aromatic rings. The monoisotopic (exact) mass is 340 g/mol. The molecule has 1 atom stereocenters. The summed E-state index contributed by atoms with van der Waals surface area (Å²) in [6.07, 6.45) is 4.22. The van der Waals surface area contributed by atoms with E-state index in [-0.39, 0.29) is 11.3 Å². The highest BCUT2D eigenvalue weighted by Gasteiger charge is 2.27. The molecular weight excluding hydrogens is 316 g/mol. The molecule has 1 amide bonds. The number of aromatic nitrogens is 3. The number of hydrogen-bond acceptors (Lipinski definition) is 5. The van der Waals surface area contributed by atoms with Gasteiger partial charge in [0.25, 0.3) is 5.91 Å². The van der Waals surface area contributed by atoms with E-state index in [1.165, 1.54) is 0 Å². The second-order valence-electron chi connectivity index (χ2n) is 7.46. The van der Waals surface area contributed by atoms with Crippen LogP contribution in [-0.2, 0) is 5.41 Å². The van der Waals surface area contributed by atoms with Crippen molar-refractivity contribution in [3.8, 4) is 5.88 Å². The molecule has 0 aromatic carbocycles. The number of pyridine rings is 1. The van der Waals surface area contributed by atoms with Crippen molar-refractivity contribution in [2.24, 2.45) is 5.92 Å². The minimum absolute atomic E-state index is 0.0230. The summed E-state index contributed by atoms with van der Waals surface area (Å²) in [7, 11) is 0. The number of carbonyl (C=O) groups is 1. The molecular formula is C19H24N4O2. The topological polar surface area (TPSA) is 68.2 Å². The number of nitrogens with zero attached hydrogens (tertiary/aromatic N) is 4. The third kappa shape index (κ3) is 4.32. The molecule has 0 spiro atoms. The number of carbonyl (C=O) groups excluding carboxylic acids is 1. The third-order valence-corrected chi connectivity index (χ3v) is 4.38. The Hall–Kier alpha value is -2.50. The molecule has 2 aromatic heterocycles. The highest BCUT2D eigenvalue weighted by atomic mass is 16.5. The summed E-state index contributed by atoms with van der Waals surface area (Å²) < 4.78 is 5.77. The van der Waals surface area contributed by atoms with Crippen LogP contribution in [0, 0.1) is 5.92 Å². The summed E-state index contributed by atoms with van der Waals surface area (Å²) in [5, 5.41) is 8.38. The number of rotatable bonds is 4. The van der Waals surface area contributed by atoms with Gasteiger partial charge in [0.1, 0.15) is 0 Å². The van der Waals surface area contributed by atoms with Gasteiger partial charge in [-0.3, -0.25) is 9.78 Å². The predicted octanol–water partition coefficient (Wildman–Crippen LogP) is 2.71. The van der Waals surface area contributed by atoms with Crippen molar-refractivity contribution in [1.82, 2.24) is 20.1 Å². The molecule has 1 saturated heterocycles. The molecule has 6 nitrogen and oxygen atoms in total. The van der Waals surface area contributed by atoms with Crippen molar-refractivity contribution in [2.45, 2.75) is 32.6 Å². The Morgan fingerprint density at radius 1 is 1.20 bits per heavy atom. The molecule has 1 unspecified atom stereocenters. The first-order valence-electron chi connectivity index (χ1n) is 8.60. The lowest BCUT2D eigenvalue weighted by Gasteiger charge is -2.18. The third-order valence-electron chi connectivity index (χ3n) is 4.38. The first-order valence-corrected chi connectivity index (χ1v) is 8.60. The van der Waals surface area contributed by atoms with Crippen molar-refractivity contribution in [1.29, 1.82) is 0 Å². The Morgan fingerprint density at radius 3 is 2.60 bits per heavy atom. The van der Waals surface area contributed by atoms with Gasteiger partial charge >= 0.3 is 0 Å². The van der Waals surface area contributed by atoms with Gasteiger partial charge < -0.3 is 9.64 Å². The van der Waals surface area contributed by atoms with E-state index in [0.717, 1.165) is 18.7 Å². The first kappa shape index (κ1) is 17.3. The molecule has 1 aliphatic rings. The molecule has 6 heteroatoms. The number of hydrogen-bond donors (Lipinski definition) is 0. The molecule has 0 N–H and O–H groups in total. The molecule has 25 heavy (non-hydrogen) atoms. The summed E-state index contributed by atoms with van der Waals surface area (Å²) in [5.41, 5.74) is 1.60. The van der Waals surface area contributed by atoms with Crippen LogP contribution in [0.15, 0.2) is 36.7 Å². The van der Waals surface area contributed by atoms with Gasteiger partial charge in [-0.15, -0.1) is 5.10 Å². The van der Waals surface area contributed by atoms with Crippen LogP contribution in [0.4, 0.5) is 0 Å². The second-order valence-corrected chi connectivity index (χ2v) is 7.46. The van der Waals surface area contributed by atoms with Gasteiger partial charge in [-0.25, -0.2) is 0 Å². The molecule has 3 rings (SSSR count). The molecule has 0 saturated carbocycles. The van der Waals surface area contributed by atoms with Crippen LogP contribution in [0.1, 0.15) is 43.2 Å². The number of amides is 1. The minimum atomic E-state index is -0.0230. The molecule has 0 aliphatic carbocycles. The van der Waals surface area contributed by atoms with Crippen molar-refractivity contribution in [2.75, 3.05) is 19.7 Å². The lowest BCUT2D eigenvalue weighted by Crippen LogP contribution is -2.29. The van der Waals surface area contributed by atoms with Gasteiger partial charge in [0.05, 0.1) is 12.3 Å². The maximum absolute atomic E-state index is 12.4. The summed E-state index contributed by atoms with van der Waals surface area (Å²) in [5.74, 6) is 0.904.